The van der Waals surface area contributed by atoms with Gasteiger partial charge in [0.05, 0.1) is 31.4 Å². The number of carbonyl (C=O) groups excluding carboxylic acids is 2. The van der Waals surface area contributed by atoms with E-state index in [1.165, 1.54) is 7.05 Å². The Morgan fingerprint density at radius 3 is 2.14 bits per heavy atom. The summed E-state index contributed by atoms with van der Waals surface area (Å²) in [5, 5.41) is 5.59. The molecule has 0 aliphatic rings. The Morgan fingerprint density at radius 1 is 0.944 bits per heavy atom. The molecule has 3 rings (SSSR count). The standard InChI is InChI=1S/C29H32N2O5/c1-6-12-23-26(19(2)31-29(33)22-16-11-10-15-21(22)28(32)30-3)24(34-4)17-25(35-5)27(23)36-18-20-13-8-7-9-14-20/h6-11,13-17,19H,1,12,18H2,2-5H3,(H,30,32)(H,31,33). The fourth-order valence-corrected chi connectivity index (χ4v) is 4.07. The molecular formula is C29H32N2O5. The maximum Gasteiger partial charge on any atom is 0.252 e. The average Bonchev–Trinajstić information content (AvgIpc) is 2.91. The summed E-state index contributed by atoms with van der Waals surface area (Å²) < 4.78 is 17.6. The highest BCUT2D eigenvalue weighted by Crippen LogP contribution is 2.43. The number of amides is 2. The van der Waals surface area contributed by atoms with Crippen LogP contribution in [0.5, 0.6) is 17.2 Å². The maximum atomic E-state index is 13.2. The van der Waals surface area contributed by atoms with E-state index in [9.17, 15) is 9.59 Å². The second kappa shape index (κ2) is 12.4. The summed E-state index contributed by atoms with van der Waals surface area (Å²) in [5.74, 6) is 0.911. The van der Waals surface area contributed by atoms with Crippen LogP contribution < -0.4 is 24.8 Å². The van der Waals surface area contributed by atoms with Crippen molar-refractivity contribution < 1.29 is 23.8 Å². The third kappa shape index (κ3) is 5.86. The number of carbonyl (C=O) groups is 2. The summed E-state index contributed by atoms with van der Waals surface area (Å²) in [5.41, 5.74) is 3.12. The molecule has 0 fully saturated rings. The van der Waals surface area contributed by atoms with Gasteiger partial charge in [0.25, 0.3) is 11.8 Å². The molecule has 188 valence electrons. The van der Waals surface area contributed by atoms with E-state index in [4.69, 9.17) is 14.2 Å². The van der Waals surface area contributed by atoms with Crippen LogP contribution in [0.4, 0.5) is 0 Å². The molecule has 3 aromatic rings. The van der Waals surface area contributed by atoms with Crippen molar-refractivity contribution in [2.75, 3.05) is 21.3 Å². The van der Waals surface area contributed by atoms with Crippen molar-refractivity contribution in [3.8, 4) is 17.2 Å². The number of rotatable bonds is 11. The fraction of sp³-hybridized carbons (Fsp3) is 0.241. The summed E-state index contributed by atoms with van der Waals surface area (Å²) in [6.07, 6.45) is 2.23. The molecule has 0 spiro atoms. The van der Waals surface area contributed by atoms with E-state index in [2.05, 4.69) is 17.2 Å². The Hall–Kier alpha value is -4.26. The van der Waals surface area contributed by atoms with Gasteiger partial charge >= 0.3 is 0 Å². The van der Waals surface area contributed by atoms with Crippen molar-refractivity contribution in [1.29, 1.82) is 0 Å². The lowest BCUT2D eigenvalue weighted by Gasteiger charge is -2.25. The monoisotopic (exact) mass is 488 g/mol. The van der Waals surface area contributed by atoms with Crippen LogP contribution in [0.25, 0.3) is 0 Å². The zero-order valence-electron chi connectivity index (χ0n) is 21.1. The number of methoxy groups -OCH3 is 2. The van der Waals surface area contributed by atoms with Crippen LogP contribution in [-0.4, -0.2) is 33.1 Å². The van der Waals surface area contributed by atoms with Crippen molar-refractivity contribution >= 4 is 11.8 Å². The number of hydrogen-bond donors (Lipinski definition) is 2. The molecule has 2 amide bonds. The Labute approximate surface area is 212 Å². The lowest BCUT2D eigenvalue weighted by atomic mass is 9.95. The second-order valence-electron chi connectivity index (χ2n) is 8.09. The van der Waals surface area contributed by atoms with Crippen LogP contribution in [0.3, 0.4) is 0 Å². The topological polar surface area (TPSA) is 85.9 Å². The molecule has 0 aromatic heterocycles. The minimum absolute atomic E-state index is 0.280. The van der Waals surface area contributed by atoms with E-state index in [1.807, 2.05) is 37.3 Å². The predicted molar refractivity (Wildman–Crippen MR) is 140 cm³/mol. The van der Waals surface area contributed by atoms with E-state index in [0.717, 1.165) is 16.7 Å². The summed E-state index contributed by atoms with van der Waals surface area (Å²) in [7, 11) is 4.67. The second-order valence-corrected chi connectivity index (χ2v) is 8.09. The van der Waals surface area contributed by atoms with Gasteiger partial charge in [-0.25, -0.2) is 0 Å². The number of ether oxygens (including phenoxy) is 3. The fourth-order valence-electron chi connectivity index (χ4n) is 4.07. The first kappa shape index (κ1) is 26.3. The molecule has 0 radical (unpaired) electrons. The first-order valence-electron chi connectivity index (χ1n) is 11.6. The van der Waals surface area contributed by atoms with Crippen molar-refractivity contribution in [3.63, 3.8) is 0 Å². The first-order chi connectivity index (χ1) is 17.4. The highest BCUT2D eigenvalue weighted by atomic mass is 16.5. The number of benzene rings is 3. The Bertz CT molecular complexity index is 1220. The van der Waals surface area contributed by atoms with Gasteiger partial charge in [-0.05, 0) is 31.0 Å². The lowest BCUT2D eigenvalue weighted by Crippen LogP contribution is -2.30. The van der Waals surface area contributed by atoms with Gasteiger partial charge in [-0.2, -0.15) is 0 Å². The molecule has 7 heteroatoms. The summed E-state index contributed by atoms with van der Waals surface area (Å²) in [6, 6.07) is 17.8. The van der Waals surface area contributed by atoms with Crippen molar-refractivity contribution in [3.05, 3.63) is 101 Å². The van der Waals surface area contributed by atoms with Crippen LogP contribution in [0.1, 0.15) is 50.4 Å². The van der Waals surface area contributed by atoms with Crippen LogP contribution in [0.15, 0.2) is 73.3 Å². The van der Waals surface area contributed by atoms with E-state index >= 15 is 0 Å². The lowest BCUT2D eigenvalue weighted by molar-refractivity contribution is 0.0914. The van der Waals surface area contributed by atoms with Gasteiger partial charge in [0, 0.05) is 24.2 Å². The summed E-state index contributed by atoms with van der Waals surface area (Å²) in [6.45, 7) is 6.11. The normalized spacial score (nSPS) is 11.2. The van der Waals surface area contributed by atoms with Crippen LogP contribution in [0, 0.1) is 0 Å². The van der Waals surface area contributed by atoms with E-state index in [0.29, 0.717) is 35.8 Å². The molecule has 0 bridgehead atoms. The molecule has 1 atom stereocenters. The third-order valence-corrected chi connectivity index (χ3v) is 5.79. The number of allylic oxidation sites excluding steroid dienone is 1. The van der Waals surface area contributed by atoms with E-state index in [-0.39, 0.29) is 17.4 Å². The summed E-state index contributed by atoms with van der Waals surface area (Å²) in [4.78, 5) is 25.5. The maximum absolute atomic E-state index is 13.2. The minimum atomic E-state index is -0.481. The smallest absolute Gasteiger partial charge is 0.252 e. The molecule has 1 unspecified atom stereocenters. The molecule has 0 heterocycles. The predicted octanol–water partition coefficient (Wildman–Crippen LogP) is 4.86. The van der Waals surface area contributed by atoms with Crippen molar-refractivity contribution in [1.82, 2.24) is 10.6 Å². The molecule has 7 nitrogen and oxygen atoms in total. The Kier molecular flexibility index (Phi) is 9.11. The van der Waals surface area contributed by atoms with E-state index < -0.39 is 6.04 Å². The molecule has 2 N–H and O–H groups in total. The van der Waals surface area contributed by atoms with Crippen LogP contribution >= 0.6 is 0 Å². The average molecular weight is 489 g/mol. The molecule has 0 saturated heterocycles. The Balaban J connectivity index is 2.02. The third-order valence-electron chi connectivity index (χ3n) is 5.79. The van der Waals surface area contributed by atoms with Crippen LogP contribution in [-0.2, 0) is 13.0 Å². The molecule has 36 heavy (non-hydrogen) atoms. The highest BCUT2D eigenvalue weighted by Gasteiger charge is 2.26. The summed E-state index contributed by atoms with van der Waals surface area (Å²) >= 11 is 0. The van der Waals surface area contributed by atoms with Gasteiger partial charge in [-0.15, -0.1) is 6.58 Å². The Morgan fingerprint density at radius 2 is 1.56 bits per heavy atom. The molecule has 0 saturated carbocycles. The molecule has 0 aliphatic carbocycles. The largest absolute Gasteiger partial charge is 0.496 e. The van der Waals surface area contributed by atoms with Crippen molar-refractivity contribution in [2.24, 2.45) is 0 Å². The molecular weight excluding hydrogens is 456 g/mol. The minimum Gasteiger partial charge on any atom is -0.496 e. The van der Waals surface area contributed by atoms with Gasteiger partial charge in [0.15, 0.2) is 11.5 Å². The molecule has 0 aliphatic heterocycles. The zero-order valence-corrected chi connectivity index (χ0v) is 21.1. The SMILES string of the molecule is C=CCc1c(OCc2ccccc2)c(OC)cc(OC)c1C(C)NC(=O)c1ccccc1C(=O)NC. The molecule has 3 aromatic carbocycles. The van der Waals surface area contributed by atoms with Gasteiger partial charge in [-0.1, -0.05) is 48.5 Å². The van der Waals surface area contributed by atoms with Gasteiger partial charge in [-0.3, -0.25) is 9.59 Å². The van der Waals surface area contributed by atoms with Gasteiger partial charge < -0.3 is 24.8 Å². The number of hydrogen-bond acceptors (Lipinski definition) is 5. The quantitative estimate of drug-likeness (QED) is 0.377. The van der Waals surface area contributed by atoms with Gasteiger partial charge in [0.2, 0.25) is 0 Å². The highest BCUT2D eigenvalue weighted by molar-refractivity contribution is 6.07. The van der Waals surface area contributed by atoms with Crippen molar-refractivity contribution in [2.45, 2.75) is 26.0 Å². The number of nitrogens with one attached hydrogen (secondary N) is 2. The zero-order chi connectivity index (χ0) is 26.1. The van der Waals surface area contributed by atoms with Gasteiger partial charge in [0.1, 0.15) is 12.4 Å². The van der Waals surface area contributed by atoms with E-state index in [1.54, 1.807) is 50.6 Å². The van der Waals surface area contributed by atoms with Crippen LogP contribution in [0.2, 0.25) is 0 Å². The first-order valence-corrected chi connectivity index (χ1v) is 11.6.